The van der Waals surface area contributed by atoms with Gasteiger partial charge in [-0.05, 0) is 64.2 Å². The molecule has 1 unspecified atom stereocenters. The number of amides is 1. The average Bonchev–Trinajstić information content (AvgIpc) is 2.65. The van der Waals surface area contributed by atoms with Gasteiger partial charge in [0, 0.05) is 19.6 Å². The van der Waals surface area contributed by atoms with E-state index in [4.69, 9.17) is 4.74 Å². The molecule has 1 aliphatic heterocycles. The third-order valence-electron chi connectivity index (χ3n) is 4.72. The van der Waals surface area contributed by atoms with E-state index in [1.165, 1.54) is 9.87 Å². The van der Waals surface area contributed by atoms with Gasteiger partial charge in [0.1, 0.15) is 5.75 Å². The first-order valence-corrected chi connectivity index (χ1v) is 11.4. The Kier molecular flexibility index (Phi) is 8.10. The summed E-state index contributed by atoms with van der Waals surface area (Å²) in [5.74, 6) is 0.665. The van der Waals surface area contributed by atoms with Crippen LogP contribution in [0, 0.1) is 5.92 Å². The van der Waals surface area contributed by atoms with Crippen LogP contribution >= 0.6 is 0 Å². The van der Waals surface area contributed by atoms with Crippen molar-refractivity contribution in [2.24, 2.45) is 5.92 Å². The van der Waals surface area contributed by atoms with Crippen LogP contribution in [0.1, 0.15) is 45.6 Å². The van der Waals surface area contributed by atoms with E-state index in [0.717, 1.165) is 31.4 Å². The van der Waals surface area contributed by atoms with Crippen molar-refractivity contribution in [3.05, 3.63) is 29.8 Å². The van der Waals surface area contributed by atoms with Gasteiger partial charge in [0.25, 0.3) is 0 Å². The molecule has 7 heteroatoms. The molecule has 152 valence electrons. The Balaban J connectivity index is 1.76. The molecule has 0 saturated carbocycles. The normalized spacial score (nSPS) is 18.4. The maximum atomic E-state index is 12.4. The number of aryl methyl sites for hydroxylation is 1. The fraction of sp³-hybridized carbons (Fsp3) is 0.650. The molecule has 0 aromatic heterocycles. The van der Waals surface area contributed by atoms with Crippen molar-refractivity contribution < 1.29 is 17.9 Å². The highest BCUT2D eigenvalue weighted by Gasteiger charge is 2.31. The lowest BCUT2D eigenvalue weighted by molar-refractivity contribution is -0.126. The third-order valence-corrected chi connectivity index (χ3v) is 6.57. The number of hydrogen-bond donors (Lipinski definition) is 1. The Labute approximate surface area is 163 Å². The lowest BCUT2D eigenvalue weighted by Crippen LogP contribution is -2.46. The summed E-state index contributed by atoms with van der Waals surface area (Å²) in [5.41, 5.74) is 1.18. The van der Waals surface area contributed by atoms with Gasteiger partial charge in [-0.2, -0.15) is 0 Å². The van der Waals surface area contributed by atoms with Crippen LogP contribution in [-0.4, -0.2) is 50.1 Å². The van der Waals surface area contributed by atoms with Crippen LogP contribution in [-0.2, 0) is 21.2 Å². The molecule has 27 heavy (non-hydrogen) atoms. The zero-order chi connectivity index (χ0) is 19.9. The Morgan fingerprint density at radius 2 is 2.15 bits per heavy atom. The minimum Gasteiger partial charge on any atom is -0.491 e. The zero-order valence-corrected chi connectivity index (χ0v) is 17.4. The second-order valence-electron chi connectivity index (χ2n) is 7.31. The van der Waals surface area contributed by atoms with Gasteiger partial charge in [-0.25, -0.2) is 12.7 Å². The van der Waals surface area contributed by atoms with Crippen LogP contribution in [0.25, 0.3) is 0 Å². The topological polar surface area (TPSA) is 75.7 Å². The Morgan fingerprint density at radius 1 is 1.37 bits per heavy atom. The molecule has 1 aromatic rings. The van der Waals surface area contributed by atoms with Crippen LogP contribution in [0.4, 0.5) is 0 Å². The van der Waals surface area contributed by atoms with Crippen molar-refractivity contribution in [1.82, 2.24) is 9.62 Å². The van der Waals surface area contributed by atoms with E-state index in [1.807, 2.05) is 32.0 Å². The average molecular weight is 397 g/mol. The predicted octanol–water partition coefficient (Wildman–Crippen LogP) is 2.58. The number of hydrogen-bond acceptors (Lipinski definition) is 4. The second kappa shape index (κ2) is 10.1. The molecule has 1 N–H and O–H groups in total. The summed E-state index contributed by atoms with van der Waals surface area (Å²) < 4.78 is 31.2. The van der Waals surface area contributed by atoms with Crippen LogP contribution in [0.15, 0.2) is 24.3 Å². The third kappa shape index (κ3) is 6.81. The zero-order valence-electron chi connectivity index (χ0n) is 16.6. The van der Waals surface area contributed by atoms with Crippen molar-refractivity contribution in [2.75, 3.05) is 25.4 Å². The highest BCUT2D eigenvalue weighted by molar-refractivity contribution is 7.89. The standard InChI is InChI=1S/C20H32N2O4S/c1-4-27(24,25)22-13-7-10-18(15-22)20(23)21-12-6-9-17-8-5-11-19(14-17)26-16(2)3/h5,8,11,14,16,18H,4,6-7,9-10,12-13,15H2,1-3H3,(H,21,23). The molecule has 0 spiro atoms. The first-order chi connectivity index (χ1) is 12.8. The molecule has 2 rings (SSSR count). The molecule has 1 heterocycles. The first kappa shape index (κ1) is 21.7. The smallest absolute Gasteiger partial charge is 0.224 e. The molecule has 1 atom stereocenters. The summed E-state index contributed by atoms with van der Waals surface area (Å²) in [6.07, 6.45) is 3.32. The van der Waals surface area contributed by atoms with E-state index in [0.29, 0.717) is 19.6 Å². The summed E-state index contributed by atoms with van der Waals surface area (Å²) in [6.45, 7) is 7.05. The fourth-order valence-electron chi connectivity index (χ4n) is 3.29. The summed E-state index contributed by atoms with van der Waals surface area (Å²) in [4.78, 5) is 12.4. The van der Waals surface area contributed by atoms with Crippen LogP contribution in [0.3, 0.4) is 0 Å². The summed E-state index contributed by atoms with van der Waals surface area (Å²) in [7, 11) is -3.22. The molecule has 1 aliphatic rings. The second-order valence-corrected chi connectivity index (χ2v) is 9.56. The Hall–Kier alpha value is -1.60. The molecule has 1 saturated heterocycles. The summed E-state index contributed by atoms with van der Waals surface area (Å²) in [6, 6.07) is 8.03. The van der Waals surface area contributed by atoms with Gasteiger partial charge in [-0.3, -0.25) is 4.79 Å². The van der Waals surface area contributed by atoms with Crippen molar-refractivity contribution >= 4 is 15.9 Å². The molecule has 1 amide bonds. The Bertz CT molecular complexity index is 718. The number of piperidine rings is 1. The van der Waals surface area contributed by atoms with E-state index in [9.17, 15) is 13.2 Å². The maximum absolute atomic E-state index is 12.4. The van der Waals surface area contributed by atoms with Crippen LogP contribution in [0.5, 0.6) is 5.75 Å². The van der Waals surface area contributed by atoms with E-state index < -0.39 is 10.0 Å². The summed E-state index contributed by atoms with van der Waals surface area (Å²) in [5, 5.41) is 2.97. The molecular formula is C20H32N2O4S. The molecule has 0 aliphatic carbocycles. The number of benzene rings is 1. The quantitative estimate of drug-likeness (QED) is 0.651. The number of carbonyl (C=O) groups is 1. The number of carbonyl (C=O) groups excluding carboxylic acids is 1. The monoisotopic (exact) mass is 396 g/mol. The molecular weight excluding hydrogens is 364 g/mol. The molecule has 1 aromatic carbocycles. The molecule has 0 bridgehead atoms. The van der Waals surface area contributed by atoms with E-state index in [1.54, 1.807) is 6.92 Å². The van der Waals surface area contributed by atoms with E-state index in [2.05, 4.69) is 11.4 Å². The van der Waals surface area contributed by atoms with Gasteiger partial charge in [0.05, 0.1) is 17.8 Å². The number of sulfonamides is 1. The predicted molar refractivity (Wildman–Crippen MR) is 107 cm³/mol. The highest BCUT2D eigenvalue weighted by atomic mass is 32.2. The van der Waals surface area contributed by atoms with Crippen LogP contribution < -0.4 is 10.1 Å². The lowest BCUT2D eigenvalue weighted by Gasteiger charge is -2.30. The summed E-state index contributed by atoms with van der Waals surface area (Å²) >= 11 is 0. The number of nitrogens with zero attached hydrogens (tertiary/aromatic N) is 1. The van der Waals surface area contributed by atoms with Gasteiger partial charge in [-0.15, -0.1) is 0 Å². The maximum Gasteiger partial charge on any atom is 0.224 e. The van der Waals surface area contributed by atoms with E-state index in [-0.39, 0.29) is 23.7 Å². The van der Waals surface area contributed by atoms with E-state index >= 15 is 0 Å². The SMILES string of the molecule is CCS(=O)(=O)N1CCCC(C(=O)NCCCc2cccc(OC(C)C)c2)C1. The van der Waals surface area contributed by atoms with Gasteiger partial charge in [0.15, 0.2) is 0 Å². The number of rotatable bonds is 9. The molecule has 0 radical (unpaired) electrons. The lowest BCUT2D eigenvalue weighted by atomic mass is 9.99. The molecule has 6 nitrogen and oxygen atoms in total. The van der Waals surface area contributed by atoms with Gasteiger partial charge < -0.3 is 10.1 Å². The largest absolute Gasteiger partial charge is 0.491 e. The Morgan fingerprint density at radius 3 is 2.85 bits per heavy atom. The van der Waals surface area contributed by atoms with Crippen molar-refractivity contribution in [1.29, 1.82) is 0 Å². The number of nitrogens with one attached hydrogen (secondary N) is 1. The fourth-order valence-corrected chi connectivity index (χ4v) is 4.47. The minimum atomic E-state index is -3.22. The molecule has 1 fully saturated rings. The van der Waals surface area contributed by atoms with Crippen LogP contribution in [0.2, 0.25) is 0 Å². The van der Waals surface area contributed by atoms with Gasteiger partial charge >= 0.3 is 0 Å². The highest BCUT2D eigenvalue weighted by Crippen LogP contribution is 2.20. The van der Waals surface area contributed by atoms with Gasteiger partial charge in [0.2, 0.25) is 15.9 Å². The van der Waals surface area contributed by atoms with Gasteiger partial charge in [-0.1, -0.05) is 12.1 Å². The van der Waals surface area contributed by atoms with Crippen molar-refractivity contribution in [3.63, 3.8) is 0 Å². The first-order valence-electron chi connectivity index (χ1n) is 9.83. The van der Waals surface area contributed by atoms with Crippen molar-refractivity contribution in [2.45, 2.75) is 52.6 Å². The minimum absolute atomic E-state index is 0.0390. The number of ether oxygens (including phenoxy) is 1. The van der Waals surface area contributed by atoms with Crippen molar-refractivity contribution in [3.8, 4) is 5.75 Å².